The zero-order chi connectivity index (χ0) is 17.1. The van der Waals surface area contributed by atoms with E-state index in [4.69, 9.17) is 5.73 Å². The average molecular weight is 319 g/mol. The predicted octanol–water partition coefficient (Wildman–Crippen LogP) is 3.43. The van der Waals surface area contributed by atoms with Crippen LogP contribution in [0.25, 0.3) is 17.0 Å². The van der Waals surface area contributed by atoms with Gasteiger partial charge in [0, 0.05) is 11.3 Å². The van der Waals surface area contributed by atoms with E-state index in [9.17, 15) is 0 Å². The molecule has 0 bridgehead atoms. The largest absolute Gasteiger partial charge is 0.343 e. The summed E-state index contributed by atoms with van der Waals surface area (Å²) in [4.78, 5) is 16.7. The van der Waals surface area contributed by atoms with Gasteiger partial charge in [-0.1, -0.05) is 18.2 Å². The number of aromatic nitrogens is 3. The lowest BCUT2D eigenvalue weighted by molar-refractivity contribution is 0.794. The minimum Gasteiger partial charge on any atom is -0.343 e. The Kier molecular flexibility index (Phi) is 4.53. The molecule has 0 saturated heterocycles. The Morgan fingerprint density at radius 1 is 1.29 bits per heavy atom. The number of H-pyrrole nitrogens is 1. The summed E-state index contributed by atoms with van der Waals surface area (Å²) in [5.74, 6) is 0. The molecule has 1 atom stereocenters. The molecule has 5 nitrogen and oxygen atoms in total. The molecule has 1 unspecified atom stereocenters. The first-order chi connectivity index (χ1) is 11.6. The Bertz CT molecular complexity index is 865. The molecule has 3 rings (SSSR count). The smallest absolute Gasteiger partial charge is 0.0977 e. The van der Waals surface area contributed by atoms with Crippen LogP contribution in [0.4, 0.5) is 0 Å². The van der Waals surface area contributed by atoms with Crippen molar-refractivity contribution in [3.63, 3.8) is 0 Å². The van der Waals surface area contributed by atoms with E-state index in [-0.39, 0.29) is 6.17 Å². The number of aryl methyl sites for hydroxylation is 1. The highest BCUT2D eigenvalue weighted by molar-refractivity contribution is 6.15. The Balaban J connectivity index is 2.02. The zero-order valence-electron chi connectivity index (χ0n) is 14.1. The van der Waals surface area contributed by atoms with Crippen molar-refractivity contribution in [2.45, 2.75) is 26.9 Å². The van der Waals surface area contributed by atoms with Gasteiger partial charge in [-0.15, -0.1) is 0 Å². The van der Waals surface area contributed by atoms with Crippen molar-refractivity contribution in [1.82, 2.24) is 15.0 Å². The summed E-state index contributed by atoms with van der Waals surface area (Å²) in [6, 6.07) is 5.96. The van der Waals surface area contributed by atoms with E-state index in [1.165, 1.54) is 0 Å². The molecule has 2 heterocycles. The van der Waals surface area contributed by atoms with Gasteiger partial charge in [0.2, 0.25) is 0 Å². The van der Waals surface area contributed by atoms with Crippen LogP contribution >= 0.6 is 0 Å². The predicted molar refractivity (Wildman–Crippen MR) is 98.5 cm³/mol. The average Bonchev–Trinajstić information content (AvgIpc) is 3.04. The quantitative estimate of drug-likeness (QED) is 0.909. The molecule has 0 aliphatic heterocycles. The molecule has 5 heteroatoms. The molecule has 24 heavy (non-hydrogen) atoms. The third kappa shape index (κ3) is 3.26. The summed E-state index contributed by atoms with van der Waals surface area (Å²) in [5, 5.41) is 0. The molecule has 122 valence electrons. The summed E-state index contributed by atoms with van der Waals surface area (Å²) in [6.45, 7) is 5.84. The number of nitrogens with two attached hydrogens (primary N) is 1. The number of hydrogen-bond donors (Lipinski definition) is 2. The first kappa shape index (κ1) is 16.1. The molecule has 0 amide bonds. The first-order valence-corrected chi connectivity index (χ1v) is 7.96. The SMILES string of the molecule is C/C=C1/C=C(c2nc[nH]c2-c2cccc(C)n2)C=C/C1=N/C(C)N. The van der Waals surface area contributed by atoms with Crippen LogP contribution in [0.1, 0.15) is 25.2 Å². The molecule has 2 aromatic rings. The number of hydrogen-bond acceptors (Lipinski definition) is 4. The monoisotopic (exact) mass is 319 g/mol. The number of nitrogens with one attached hydrogen (secondary N) is 1. The maximum Gasteiger partial charge on any atom is 0.0977 e. The van der Waals surface area contributed by atoms with Crippen molar-refractivity contribution < 1.29 is 0 Å². The van der Waals surface area contributed by atoms with Crippen LogP contribution in [-0.4, -0.2) is 26.8 Å². The lowest BCUT2D eigenvalue weighted by Crippen LogP contribution is -2.15. The number of pyridine rings is 1. The lowest BCUT2D eigenvalue weighted by atomic mass is 9.96. The van der Waals surface area contributed by atoms with Gasteiger partial charge >= 0.3 is 0 Å². The molecular weight excluding hydrogens is 298 g/mol. The first-order valence-electron chi connectivity index (χ1n) is 7.96. The zero-order valence-corrected chi connectivity index (χ0v) is 14.1. The van der Waals surface area contributed by atoms with Crippen molar-refractivity contribution in [2.75, 3.05) is 0 Å². The Morgan fingerprint density at radius 2 is 2.12 bits per heavy atom. The van der Waals surface area contributed by atoms with Crippen LogP contribution in [0.2, 0.25) is 0 Å². The van der Waals surface area contributed by atoms with Crippen molar-refractivity contribution in [3.8, 4) is 11.4 Å². The number of imidazole rings is 1. The van der Waals surface area contributed by atoms with Crippen molar-refractivity contribution in [3.05, 3.63) is 65.8 Å². The van der Waals surface area contributed by atoms with Crippen molar-refractivity contribution in [1.29, 1.82) is 0 Å². The molecule has 0 radical (unpaired) electrons. The Labute approximate surface area is 141 Å². The van der Waals surface area contributed by atoms with Crippen LogP contribution in [0.5, 0.6) is 0 Å². The fraction of sp³-hybridized carbons (Fsp3) is 0.211. The van der Waals surface area contributed by atoms with Crippen LogP contribution in [-0.2, 0) is 0 Å². The van der Waals surface area contributed by atoms with Gasteiger partial charge in [-0.3, -0.25) is 9.98 Å². The molecule has 0 aromatic carbocycles. The van der Waals surface area contributed by atoms with Gasteiger partial charge in [-0.2, -0.15) is 0 Å². The fourth-order valence-corrected chi connectivity index (χ4v) is 2.66. The fourth-order valence-electron chi connectivity index (χ4n) is 2.66. The second-order valence-electron chi connectivity index (χ2n) is 5.72. The van der Waals surface area contributed by atoms with Gasteiger partial charge in [0.1, 0.15) is 0 Å². The van der Waals surface area contributed by atoms with E-state index in [1.807, 2.05) is 57.2 Å². The van der Waals surface area contributed by atoms with Crippen molar-refractivity contribution >= 4 is 11.3 Å². The van der Waals surface area contributed by atoms with Crippen LogP contribution < -0.4 is 5.73 Å². The molecule has 1 aliphatic carbocycles. The Morgan fingerprint density at radius 3 is 2.83 bits per heavy atom. The Hall–Kier alpha value is -2.79. The molecule has 1 aliphatic rings. The number of nitrogens with zero attached hydrogens (tertiary/aromatic N) is 3. The highest BCUT2D eigenvalue weighted by Crippen LogP contribution is 2.29. The minimum absolute atomic E-state index is 0.230. The van der Waals surface area contributed by atoms with E-state index in [0.29, 0.717) is 0 Å². The molecule has 0 fully saturated rings. The van der Waals surface area contributed by atoms with Gasteiger partial charge in [0.05, 0.1) is 35.3 Å². The maximum absolute atomic E-state index is 5.79. The second-order valence-corrected chi connectivity index (χ2v) is 5.72. The van der Waals surface area contributed by atoms with Gasteiger partial charge in [-0.25, -0.2) is 4.98 Å². The molecule has 2 aromatic heterocycles. The van der Waals surface area contributed by atoms with Gasteiger partial charge in [-0.05, 0) is 50.6 Å². The van der Waals surface area contributed by atoms with Crippen LogP contribution in [0, 0.1) is 6.92 Å². The highest BCUT2D eigenvalue weighted by Gasteiger charge is 2.16. The number of rotatable bonds is 3. The van der Waals surface area contributed by atoms with E-state index in [0.717, 1.165) is 39.6 Å². The summed E-state index contributed by atoms with van der Waals surface area (Å²) >= 11 is 0. The summed E-state index contributed by atoms with van der Waals surface area (Å²) in [7, 11) is 0. The second kappa shape index (κ2) is 6.76. The number of aromatic amines is 1. The summed E-state index contributed by atoms with van der Waals surface area (Å²) in [6.07, 6.45) is 9.58. The van der Waals surface area contributed by atoms with Gasteiger partial charge in [0.15, 0.2) is 0 Å². The van der Waals surface area contributed by atoms with E-state index in [2.05, 4.69) is 26.0 Å². The topological polar surface area (TPSA) is 80.0 Å². The number of aliphatic imine (C=N–C) groups is 1. The third-order valence-electron chi connectivity index (χ3n) is 3.74. The minimum atomic E-state index is -0.230. The third-order valence-corrected chi connectivity index (χ3v) is 3.74. The van der Waals surface area contributed by atoms with E-state index in [1.54, 1.807) is 6.33 Å². The summed E-state index contributed by atoms with van der Waals surface area (Å²) < 4.78 is 0. The molecular formula is C19H21N5. The highest BCUT2D eigenvalue weighted by atomic mass is 14.9. The van der Waals surface area contributed by atoms with E-state index >= 15 is 0 Å². The standard InChI is InChI=1S/C19H21N5/c1-4-14-10-15(8-9-16(14)24-13(3)20)18-19(22-11-21-18)17-7-5-6-12(2)23-17/h4-11,13H,20H2,1-3H3,(H,21,22)/b14-4-,24-16-. The van der Waals surface area contributed by atoms with Gasteiger partial charge < -0.3 is 10.7 Å². The maximum atomic E-state index is 5.79. The van der Waals surface area contributed by atoms with Crippen molar-refractivity contribution in [2.24, 2.45) is 10.7 Å². The molecule has 3 N–H and O–H groups in total. The van der Waals surface area contributed by atoms with Crippen LogP contribution in [0.15, 0.2) is 59.4 Å². The normalized spacial score (nSPS) is 18.9. The lowest BCUT2D eigenvalue weighted by Gasteiger charge is -2.13. The molecule has 0 saturated carbocycles. The molecule has 0 spiro atoms. The van der Waals surface area contributed by atoms with Crippen LogP contribution in [0.3, 0.4) is 0 Å². The van der Waals surface area contributed by atoms with Gasteiger partial charge in [0.25, 0.3) is 0 Å². The summed E-state index contributed by atoms with van der Waals surface area (Å²) in [5.41, 5.74) is 12.4. The number of allylic oxidation sites excluding steroid dienone is 6. The van der Waals surface area contributed by atoms with E-state index < -0.39 is 0 Å².